The van der Waals surface area contributed by atoms with Gasteiger partial charge in [0.25, 0.3) is 0 Å². The van der Waals surface area contributed by atoms with Crippen molar-refractivity contribution in [3.8, 4) is 0 Å². The maximum Gasteiger partial charge on any atom is 0.315 e. The van der Waals surface area contributed by atoms with Gasteiger partial charge in [-0.05, 0) is 30.5 Å². The second-order valence-electron chi connectivity index (χ2n) is 5.02. The summed E-state index contributed by atoms with van der Waals surface area (Å²) in [6.45, 7) is 2.89. The fraction of sp³-hybridized carbons (Fsp3) is 0.533. The topological polar surface area (TPSA) is 64.6 Å². The normalized spacial score (nSPS) is 11.8. The van der Waals surface area contributed by atoms with Gasteiger partial charge in [0.2, 0.25) is 0 Å². The average Bonchev–Trinajstić information content (AvgIpc) is 2.45. The van der Waals surface area contributed by atoms with Crippen LogP contribution in [0, 0.1) is 0 Å². The van der Waals surface area contributed by atoms with Gasteiger partial charge in [-0.2, -0.15) is 0 Å². The van der Waals surface area contributed by atoms with E-state index < -0.39 is 0 Å². The van der Waals surface area contributed by atoms with E-state index in [0.717, 1.165) is 11.3 Å². The number of nitrogens with zero attached hydrogens (tertiary/aromatic N) is 1. The molecule has 3 N–H and O–H groups in total. The summed E-state index contributed by atoms with van der Waals surface area (Å²) in [6, 6.07) is 7.82. The van der Waals surface area contributed by atoms with E-state index in [4.69, 9.17) is 0 Å². The van der Waals surface area contributed by atoms with Crippen molar-refractivity contribution in [2.75, 3.05) is 25.5 Å². The zero-order chi connectivity index (χ0) is 15.0. The third kappa shape index (κ3) is 5.93. The molecule has 2 amide bonds. The van der Waals surface area contributed by atoms with Crippen LogP contribution in [0.2, 0.25) is 0 Å². The third-order valence-electron chi connectivity index (χ3n) is 3.11. The van der Waals surface area contributed by atoms with E-state index in [1.165, 1.54) is 0 Å². The zero-order valence-corrected chi connectivity index (χ0v) is 12.5. The predicted molar refractivity (Wildman–Crippen MR) is 81.9 cm³/mol. The maximum absolute atomic E-state index is 11.6. The second-order valence-corrected chi connectivity index (χ2v) is 5.02. The standard InChI is InChI=1S/C15H25N3O2/c1-4-14(19)8-9-16-15(20)17-11-12-6-5-7-13(10-12)18(2)3/h5-7,10,14,19H,4,8-9,11H2,1-3H3,(H2,16,17,20). The van der Waals surface area contributed by atoms with Gasteiger partial charge in [0.1, 0.15) is 0 Å². The molecule has 5 nitrogen and oxygen atoms in total. The monoisotopic (exact) mass is 279 g/mol. The van der Waals surface area contributed by atoms with Gasteiger partial charge in [-0.15, -0.1) is 0 Å². The number of hydrogen-bond acceptors (Lipinski definition) is 3. The zero-order valence-electron chi connectivity index (χ0n) is 12.5. The summed E-state index contributed by atoms with van der Waals surface area (Å²) < 4.78 is 0. The first kappa shape index (κ1) is 16.3. The molecule has 0 aromatic heterocycles. The number of hydrogen-bond donors (Lipinski definition) is 3. The van der Waals surface area contributed by atoms with E-state index in [1.54, 1.807) is 0 Å². The Labute approximate surface area is 121 Å². The largest absolute Gasteiger partial charge is 0.393 e. The van der Waals surface area contributed by atoms with Gasteiger partial charge in [0.05, 0.1) is 6.10 Å². The molecule has 1 aromatic rings. The van der Waals surface area contributed by atoms with Crippen LogP contribution >= 0.6 is 0 Å². The van der Waals surface area contributed by atoms with Crippen molar-refractivity contribution >= 4 is 11.7 Å². The van der Waals surface area contributed by atoms with Gasteiger partial charge in [-0.1, -0.05) is 19.1 Å². The number of urea groups is 1. The molecular weight excluding hydrogens is 254 g/mol. The highest BCUT2D eigenvalue weighted by Gasteiger charge is 2.04. The molecule has 0 spiro atoms. The van der Waals surface area contributed by atoms with Gasteiger partial charge < -0.3 is 20.6 Å². The summed E-state index contributed by atoms with van der Waals surface area (Å²) in [5.41, 5.74) is 2.16. The van der Waals surface area contributed by atoms with E-state index in [2.05, 4.69) is 10.6 Å². The van der Waals surface area contributed by atoms with Crippen molar-refractivity contribution < 1.29 is 9.90 Å². The van der Waals surface area contributed by atoms with Crippen LogP contribution in [-0.2, 0) is 6.54 Å². The quantitative estimate of drug-likeness (QED) is 0.712. The van der Waals surface area contributed by atoms with Crippen LogP contribution in [0.4, 0.5) is 10.5 Å². The maximum atomic E-state index is 11.6. The molecule has 0 bridgehead atoms. The molecule has 5 heteroatoms. The van der Waals surface area contributed by atoms with E-state index in [9.17, 15) is 9.90 Å². The Morgan fingerprint density at radius 2 is 2.10 bits per heavy atom. The van der Waals surface area contributed by atoms with E-state index >= 15 is 0 Å². The highest BCUT2D eigenvalue weighted by atomic mass is 16.3. The van der Waals surface area contributed by atoms with Crippen LogP contribution in [0.1, 0.15) is 25.3 Å². The Morgan fingerprint density at radius 1 is 1.35 bits per heavy atom. The fourth-order valence-corrected chi connectivity index (χ4v) is 1.75. The SMILES string of the molecule is CCC(O)CCNC(=O)NCc1cccc(N(C)C)c1. The number of nitrogens with one attached hydrogen (secondary N) is 2. The lowest BCUT2D eigenvalue weighted by atomic mass is 10.2. The summed E-state index contributed by atoms with van der Waals surface area (Å²) in [6.07, 6.45) is 0.952. The molecule has 0 aliphatic carbocycles. The van der Waals surface area contributed by atoms with Crippen LogP contribution in [0.5, 0.6) is 0 Å². The molecule has 0 fully saturated rings. The average molecular weight is 279 g/mol. The van der Waals surface area contributed by atoms with Crippen LogP contribution < -0.4 is 15.5 Å². The molecule has 0 saturated carbocycles. The minimum Gasteiger partial charge on any atom is -0.393 e. The van der Waals surface area contributed by atoms with Gasteiger partial charge >= 0.3 is 6.03 Å². The van der Waals surface area contributed by atoms with Crippen LogP contribution in [0.15, 0.2) is 24.3 Å². The summed E-state index contributed by atoms with van der Waals surface area (Å²) in [5, 5.41) is 14.9. The number of aliphatic hydroxyl groups excluding tert-OH is 1. The van der Waals surface area contributed by atoms with Gasteiger partial charge in [-0.3, -0.25) is 0 Å². The minimum absolute atomic E-state index is 0.205. The lowest BCUT2D eigenvalue weighted by molar-refractivity contribution is 0.160. The summed E-state index contributed by atoms with van der Waals surface area (Å²) in [7, 11) is 3.97. The van der Waals surface area contributed by atoms with Crippen molar-refractivity contribution in [2.45, 2.75) is 32.4 Å². The Kier molecular flexibility index (Phi) is 6.87. The first-order valence-corrected chi connectivity index (χ1v) is 6.99. The first-order chi connectivity index (χ1) is 9.52. The highest BCUT2D eigenvalue weighted by Crippen LogP contribution is 2.12. The van der Waals surface area contributed by atoms with Crippen molar-refractivity contribution in [2.24, 2.45) is 0 Å². The number of rotatable bonds is 7. The Balaban J connectivity index is 2.32. The van der Waals surface area contributed by atoms with E-state index in [0.29, 0.717) is 25.9 Å². The summed E-state index contributed by atoms with van der Waals surface area (Å²) >= 11 is 0. The Bertz CT molecular complexity index is 421. The third-order valence-corrected chi connectivity index (χ3v) is 3.11. The molecule has 0 aliphatic heterocycles. The van der Waals surface area contributed by atoms with E-state index in [1.807, 2.05) is 50.2 Å². The molecule has 1 atom stereocenters. The molecular formula is C15H25N3O2. The van der Waals surface area contributed by atoms with Crippen molar-refractivity contribution in [1.82, 2.24) is 10.6 Å². The molecule has 1 unspecified atom stereocenters. The number of anilines is 1. The van der Waals surface area contributed by atoms with Gasteiger partial charge in [-0.25, -0.2) is 4.79 Å². The Morgan fingerprint density at radius 3 is 2.75 bits per heavy atom. The molecule has 1 rings (SSSR count). The Hall–Kier alpha value is -1.75. The molecule has 0 aliphatic rings. The van der Waals surface area contributed by atoms with Crippen molar-refractivity contribution in [3.63, 3.8) is 0 Å². The van der Waals surface area contributed by atoms with Crippen molar-refractivity contribution in [3.05, 3.63) is 29.8 Å². The number of amides is 2. The fourth-order valence-electron chi connectivity index (χ4n) is 1.75. The molecule has 0 radical (unpaired) electrons. The second kappa shape index (κ2) is 8.43. The smallest absolute Gasteiger partial charge is 0.315 e. The highest BCUT2D eigenvalue weighted by molar-refractivity contribution is 5.73. The molecule has 0 saturated heterocycles. The summed E-state index contributed by atoms with van der Waals surface area (Å²) in [5.74, 6) is 0. The molecule has 20 heavy (non-hydrogen) atoms. The lowest BCUT2D eigenvalue weighted by Gasteiger charge is -2.14. The van der Waals surface area contributed by atoms with Gasteiger partial charge in [0, 0.05) is 32.9 Å². The summed E-state index contributed by atoms with van der Waals surface area (Å²) in [4.78, 5) is 13.6. The number of benzene rings is 1. The van der Waals surface area contributed by atoms with Crippen LogP contribution in [0.3, 0.4) is 0 Å². The van der Waals surface area contributed by atoms with Crippen LogP contribution in [0.25, 0.3) is 0 Å². The van der Waals surface area contributed by atoms with E-state index in [-0.39, 0.29) is 12.1 Å². The molecule has 0 heterocycles. The number of carbonyl (C=O) groups is 1. The minimum atomic E-state index is -0.341. The first-order valence-electron chi connectivity index (χ1n) is 6.99. The van der Waals surface area contributed by atoms with Crippen LogP contribution in [-0.4, -0.2) is 37.9 Å². The van der Waals surface area contributed by atoms with Gasteiger partial charge in [0.15, 0.2) is 0 Å². The lowest BCUT2D eigenvalue weighted by Crippen LogP contribution is -2.36. The number of carbonyl (C=O) groups excluding carboxylic acids is 1. The molecule has 112 valence electrons. The van der Waals surface area contributed by atoms with Crippen molar-refractivity contribution in [1.29, 1.82) is 0 Å². The predicted octanol–water partition coefficient (Wildman–Crippen LogP) is 1.71. The number of aliphatic hydroxyl groups is 1. The molecule has 1 aromatic carbocycles.